The first-order chi connectivity index (χ1) is 12.3. The van der Waals surface area contributed by atoms with Gasteiger partial charge in [-0.1, -0.05) is 19.9 Å². The average Bonchev–Trinajstić information content (AvgIpc) is 3.33. The molecule has 1 aromatic carbocycles. The van der Waals surface area contributed by atoms with Crippen LogP contribution in [0.2, 0.25) is 0 Å². The Labute approximate surface area is 153 Å². The summed E-state index contributed by atoms with van der Waals surface area (Å²) in [6.07, 6.45) is 1.95. The first-order valence-electron chi connectivity index (χ1n) is 8.56. The standard InChI is InChI=1S/C17H23N5O3S/c1-11(2)16-21-20-15(22(16)3)10-18-26(24,25)14-6-4-5-12(9-14)17(23)19-13-7-8-13/h4-6,9,11,13,18H,7-8,10H2,1-3H3,(H,19,23). The van der Waals surface area contributed by atoms with Gasteiger partial charge in [0, 0.05) is 24.6 Å². The monoisotopic (exact) mass is 377 g/mol. The lowest BCUT2D eigenvalue weighted by Crippen LogP contribution is -2.27. The number of carbonyl (C=O) groups is 1. The van der Waals surface area contributed by atoms with Crippen LogP contribution in [-0.2, 0) is 23.6 Å². The van der Waals surface area contributed by atoms with Crippen LogP contribution < -0.4 is 10.0 Å². The Morgan fingerprint density at radius 1 is 1.31 bits per heavy atom. The van der Waals surface area contributed by atoms with Crippen LogP contribution in [0.3, 0.4) is 0 Å². The Bertz CT molecular complexity index is 916. The average molecular weight is 377 g/mol. The molecule has 1 fully saturated rings. The van der Waals surface area contributed by atoms with Gasteiger partial charge in [-0.05, 0) is 31.0 Å². The molecule has 0 atom stereocenters. The van der Waals surface area contributed by atoms with E-state index < -0.39 is 10.0 Å². The lowest BCUT2D eigenvalue weighted by molar-refractivity contribution is 0.0951. The van der Waals surface area contributed by atoms with Crippen molar-refractivity contribution in [3.8, 4) is 0 Å². The van der Waals surface area contributed by atoms with E-state index in [1.54, 1.807) is 16.7 Å². The molecule has 9 heteroatoms. The molecule has 0 aliphatic heterocycles. The van der Waals surface area contributed by atoms with Crippen LogP contribution in [0.15, 0.2) is 29.2 Å². The largest absolute Gasteiger partial charge is 0.349 e. The van der Waals surface area contributed by atoms with Crippen LogP contribution in [0.25, 0.3) is 0 Å². The minimum atomic E-state index is -3.77. The molecule has 2 aromatic rings. The van der Waals surface area contributed by atoms with Gasteiger partial charge in [0.2, 0.25) is 10.0 Å². The quantitative estimate of drug-likeness (QED) is 0.757. The fourth-order valence-corrected chi connectivity index (χ4v) is 3.60. The summed E-state index contributed by atoms with van der Waals surface area (Å²) in [5.41, 5.74) is 0.334. The van der Waals surface area contributed by atoms with Gasteiger partial charge in [0.15, 0.2) is 0 Å². The second-order valence-corrected chi connectivity index (χ2v) is 8.56. The van der Waals surface area contributed by atoms with Crippen molar-refractivity contribution < 1.29 is 13.2 Å². The lowest BCUT2D eigenvalue weighted by atomic mass is 10.2. The van der Waals surface area contributed by atoms with Crippen LogP contribution >= 0.6 is 0 Å². The molecule has 0 saturated heterocycles. The molecule has 26 heavy (non-hydrogen) atoms. The number of aromatic nitrogens is 3. The normalized spacial score (nSPS) is 14.6. The van der Waals surface area contributed by atoms with Gasteiger partial charge in [-0.3, -0.25) is 4.79 Å². The van der Waals surface area contributed by atoms with E-state index in [0.29, 0.717) is 11.4 Å². The predicted octanol–water partition coefficient (Wildman–Crippen LogP) is 1.31. The number of nitrogens with one attached hydrogen (secondary N) is 2. The fourth-order valence-electron chi connectivity index (χ4n) is 2.58. The van der Waals surface area contributed by atoms with Crippen molar-refractivity contribution in [1.82, 2.24) is 24.8 Å². The Kier molecular flexibility index (Phi) is 5.10. The Morgan fingerprint density at radius 3 is 2.65 bits per heavy atom. The molecule has 2 N–H and O–H groups in total. The van der Waals surface area contributed by atoms with E-state index in [2.05, 4.69) is 20.2 Å². The van der Waals surface area contributed by atoms with E-state index in [4.69, 9.17) is 0 Å². The number of hydrogen-bond donors (Lipinski definition) is 2. The van der Waals surface area contributed by atoms with Gasteiger partial charge in [0.05, 0.1) is 11.4 Å². The number of rotatable bonds is 7. The number of sulfonamides is 1. The van der Waals surface area contributed by atoms with E-state index in [9.17, 15) is 13.2 Å². The molecule has 0 bridgehead atoms. The molecule has 8 nitrogen and oxygen atoms in total. The fraction of sp³-hybridized carbons (Fsp3) is 0.471. The first-order valence-corrected chi connectivity index (χ1v) is 10.0. The van der Waals surface area contributed by atoms with Gasteiger partial charge in [-0.25, -0.2) is 13.1 Å². The molecule has 1 saturated carbocycles. The molecule has 1 aromatic heterocycles. The Balaban J connectivity index is 1.72. The van der Waals surface area contributed by atoms with Crippen molar-refractivity contribution in [1.29, 1.82) is 0 Å². The van der Waals surface area contributed by atoms with Crippen molar-refractivity contribution in [3.63, 3.8) is 0 Å². The van der Waals surface area contributed by atoms with Crippen LogP contribution in [0.1, 0.15) is 54.6 Å². The first kappa shape index (κ1) is 18.5. The SMILES string of the molecule is CC(C)c1nnc(CNS(=O)(=O)c2cccc(C(=O)NC3CC3)c2)n1C. The molecule has 3 rings (SSSR count). The molecule has 1 aliphatic carbocycles. The number of hydrogen-bond acceptors (Lipinski definition) is 5. The summed E-state index contributed by atoms with van der Waals surface area (Å²) in [6, 6.07) is 6.24. The van der Waals surface area contributed by atoms with Gasteiger partial charge >= 0.3 is 0 Å². The highest BCUT2D eigenvalue weighted by Gasteiger charge is 2.24. The summed E-state index contributed by atoms with van der Waals surface area (Å²) < 4.78 is 29.4. The minimum Gasteiger partial charge on any atom is -0.349 e. The molecule has 1 amide bonds. The summed E-state index contributed by atoms with van der Waals surface area (Å²) in [5, 5.41) is 11.0. The highest BCUT2D eigenvalue weighted by Crippen LogP contribution is 2.20. The number of amides is 1. The van der Waals surface area contributed by atoms with Crippen molar-refractivity contribution in [2.75, 3.05) is 0 Å². The number of benzene rings is 1. The topological polar surface area (TPSA) is 106 Å². The second-order valence-electron chi connectivity index (χ2n) is 6.79. The van der Waals surface area contributed by atoms with E-state index >= 15 is 0 Å². The Hall–Kier alpha value is -2.26. The van der Waals surface area contributed by atoms with Crippen LogP contribution in [0, 0.1) is 0 Å². The van der Waals surface area contributed by atoms with Crippen molar-refractivity contribution in [3.05, 3.63) is 41.5 Å². The molecule has 0 radical (unpaired) electrons. The van der Waals surface area contributed by atoms with Crippen molar-refractivity contribution in [2.45, 2.75) is 50.1 Å². The van der Waals surface area contributed by atoms with Crippen molar-refractivity contribution >= 4 is 15.9 Å². The third kappa shape index (κ3) is 4.10. The van der Waals surface area contributed by atoms with E-state index in [1.165, 1.54) is 12.1 Å². The zero-order valence-corrected chi connectivity index (χ0v) is 15.9. The summed E-state index contributed by atoms with van der Waals surface area (Å²) in [6.45, 7) is 4.02. The van der Waals surface area contributed by atoms with Crippen LogP contribution in [-0.4, -0.2) is 35.1 Å². The van der Waals surface area contributed by atoms with Crippen LogP contribution in [0.4, 0.5) is 0 Å². The summed E-state index contributed by atoms with van der Waals surface area (Å²) in [4.78, 5) is 12.2. The van der Waals surface area contributed by atoms with Gasteiger partial charge in [0.25, 0.3) is 5.91 Å². The maximum atomic E-state index is 12.6. The van der Waals surface area contributed by atoms with E-state index in [-0.39, 0.29) is 29.3 Å². The molecule has 1 heterocycles. The molecular weight excluding hydrogens is 354 g/mol. The van der Waals surface area contributed by atoms with Gasteiger partial charge in [-0.15, -0.1) is 10.2 Å². The molecule has 1 aliphatic rings. The third-order valence-corrected chi connectivity index (χ3v) is 5.65. The zero-order chi connectivity index (χ0) is 18.9. The molecule has 0 unspecified atom stereocenters. The molecule has 0 spiro atoms. The molecular formula is C17H23N5O3S. The second kappa shape index (κ2) is 7.16. The zero-order valence-electron chi connectivity index (χ0n) is 15.1. The number of carbonyl (C=O) groups excluding carboxylic acids is 1. The molecule has 140 valence electrons. The minimum absolute atomic E-state index is 0.0249. The Morgan fingerprint density at radius 2 is 2.04 bits per heavy atom. The van der Waals surface area contributed by atoms with Gasteiger partial charge in [-0.2, -0.15) is 0 Å². The highest BCUT2D eigenvalue weighted by molar-refractivity contribution is 7.89. The van der Waals surface area contributed by atoms with E-state index in [0.717, 1.165) is 18.7 Å². The number of nitrogens with zero attached hydrogens (tertiary/aromatic N) is 3. The van der Waals surface area contributed by atoms with Crippen molar-refractivity contribution in [2.24, 2.45) is 7.05 Å². The predicted molar refractivity (Wildman–Crippen MR) is 96.0 cm³/mol. The van der Waals surface area contributed by atoms with Gasteiger partial charge in [0.1, 0.15) is 11.6 Å². The van der Waals surface area contributed by atoms with Crippen LogP contribution in [0.5, 0.6) is 0 Å². The van der Waals surface area contributed by atoms with E-state index in [1.807, 2.05) is 20.9 Å². The summed E-state index contributed by atoms with van der Waals surface area (Å²) >= 11 is 0. The smallest absolute Gasteiger partial charge is 0.251 e. The third-order valence-electron chi connectivity index (χ3n) is 4.25. The van der Waals surface area contributed by atoms with Gasteiger partial charge < -0.3 is 9.88 Å². The lowest BCUT2D eigenvalue weighted by Gasteiger charge is -2.09. The summed E-state index contributed by atoms with van der Waals surface area (Å²) in [5.74, 6) is 1.26. The summed E-state index contributed by atoms with van der Waals surface area (Å²) in [7, 11) is -1.96. The maximum Gasteiger partial charge on any atom is 0.251 e. The highest BCUT2D eigenvalue weighted by atomic mass is 32.2. The maximum absolute atomic E-state index is 12.6.